The van der Waals surface area contributed by atoms with Crippen molar-refractivity contribution in [3.8, 4) is 12.3 Å². The number of ether oxygens (including phenoxy) is 3. The number of aromatic nitrogens is 4. The van der Waals surface area contributed by atoms with Crippen molar-refractivity contribution in [2.75, 3.05) is 12.3 Å². The van der Waals surface area contributed by atoms with Crippen LogP contribution in [0.4, 0.5) is 10.2 Å². The van der Waals surface area contributed by atoms with Crippen LogP contribution in [0.25, 0.3) is 11.2 Å². The van der Waals surface area contributed by atoms with E-state index in [1.807, 2.05) is 0 Å². The molecule has 3 aromatic rings. The van der Waals surface area contributed by atoms with E-state index in [2.05, 4.69) is 20.9 Å². The van der Waals surface area contributed by atoms with Crippen LogP contribution in [-0.4, -0.2) is 50.0 Å². The van der Waals surface area contributed by atoms with E-state index in [0.29, 0.717) is 5.02 Å². The van der Waals surface area contributed by atoms with E-state index in [4.69, 9.17) is 38.0 Å². The second-order valence-corrected chi connectivity index (χ2v) is 7.62. The summed E-state index contributed by atoms with van der Waals surface area (Å²) in [5, 5.41) is 0.301. The van der Waals surface area contributed by atoms with Gasteiger partial charge in [-0.3, -0.25) is 9.36 Å². The van der Waals surface area contributed by atoms with E-state index < -0.39 is 42.7 Å². The van der Waals surface area contributed by atoms with Crippen molar-refractivity contribution < 1.29 is 28.2 Å². The lowest BCUT2D eigenvalue weighted by Gasteiger charge is -2.25. The number of hydrogen-bond acceptors (Lipinski definition) is 9. The van der Waals surface area contributed by atoms with Gasteiger partial charge in [0.1, 0.15) is 17.8 Å². The maximum Gasteiger partial charge on any atom is 0.338 e. The zero-order valence-corrected chi connectivity index (χ0v) is 17.9. The SMILES string of the molecule is C#C[C@@H]1[C@H](n2cnc3c(N)ncnc32)O[C@](F)(COC(=O)c2cccc(Cl)c2)[C@H]1OC(C)=O. The van der Waals surface area contributed by atoms with Gasteiger partial charge in [0.15, 0.2) is 30.4 Å². The van der Waals surface area contributed by atoms with Crippen LogP contribution >= 0.6 is 11.6 Å². The number of halogens is 2. The van der Waals surface area contributed by atoms with Gasteiger partial charge < -0.3 is 19.9 Å². The molecule has 0 aliphatic carbocycles. The van der Waals surface area contributed by atoms with Gasteiger partial charge in [-0.15, -0.1) is 6.42 Å². The largest absolute Gasteiger partial charge is 0.456 e. The van der Waals surface area contributed by atoms with E-state index in [0.717, 1.165) is 6.92 Å². The quantitative estimate of drug-likeness (QED) is 0.437. The average molecular weight is 474 g/mol. The van der Waals surface area contributed by atoms with Crippen LogP contribution in [-0.2, 0) is 19.0 Å². The monoisotopic (exact) mass is 473 g/mol. The highest BCUT2D eigenvalue weighted by atomic mass is 35.5. The van der Waals surface area contributed by atoms with Gasteiger partial charge in [-0.1, -0.05) is 23.6 Å². The number of nitrogens with zero attached hydrogens (tertiary/aromatic N) is 4. The topological polar surface area (TPSA) is 131 Å². The predicted molar refractivity (Wildman–Crippen MR) is 113 cm³/mol. The zero-order valence-electron chi connectivity index (χ0n) is 17.1. The second kappa shape index (κ2) is 8.65. The van der Waals surface area contributed by atoms with Crippen molar-refractivity contribution in [3.05, 3.63) is 47.5 Å². The van der Waals surface area contributed by atoms with Crippen molar-refractivity contribution >= 4 is 40.5 Å². The Bertz CT molecular complexity index is 1280. The standard InChI is InChI=1S/C21H17ClFN5O5/c1-3-14-16(32-11(2)29)21(23,8-31-20(30)12-5-4-6-13(22)7-12)33-19(14)28-10-27-15-17(24)25-9-26-18(15)28/h1,4-7,9-10,14,16,19H,8H2,2H3,(H2,24,25,26)/t14-,16-,19+,21+/m0/s1. The van der Waals surface area contributed by atoms with Gasteiger partial charge in [0.2, 0.25) is 0 Å². The Morgan fingerprint density at radius 1 is 1.39 bits per heavy atom. The molecule has 1 aliphatic heterocycles. The van der Waals surface area contributed by atoms with Crippen LogP contribution in [0.5, 0.6) is 0 Å². The first-order valence-electron chi connectivity index (χ1n) is 9.59. The molecule has 10 nitrogen and oxygen atoms in total. The highest BCUT2D eigenvalue weighted by molar-refractivity contribution is 6.30. The van der Waals surface area contributed by atoms with Crippen LogP contribution in [0.2, 0.25) is 5.02 Å². The molecule has 0 radical (unpaired) electrons. The molecule has 0 unspecified atom stereocenters. The number of benzene rings is 1. The lowest BCUT2D eigenvalue weighted by molar-refractivity contribution is -0.216. The van der Waals surface area contributed by atoms with Crippen LogP contribution in [0, 0.1) is 18.3 Å². The fourth-order valence-corrected chi connectivity index (χ4v) is 3.72. The summed E-state index contributed by atoms with van der Waals surface area (Å²) < 4.78 is 33.3. The fraction of sp³-hybridized carbons (Fsp3) is 0.286. The first-order valence-corrected chi connectivity index (χ1v) is 9.97. The summed E-state index contributed by atoms with van der Waals surface area (Å²) in [7, 11) is 0. The number of carbonyl (C=O) groups excluding carboxylic acids is 2. The summed E-state index contributed by atoms with van der Waals surface area (Å²) in [5.74, 6) is -3.03. The summed E-state index contributed by atoms with van der Waals surface area (Å²) in [6.07, 6.45) is 5.37. The molecule has 1 fully saturated rings. The van der Waals surface area contributed by atoms with Gasteiger partial charge >= 0.3 is 11.9 Å². The maximum absolute atomic E-state index is 16.1. The van der Waals surface area contributed by atoms with Gasteiger partial charge in [0.25, 0.3) is 5.85 Å². The molecule has 3 heterocycles. The van der Waals surface area contributed by atoms with E-state index in [-0.39, 0.29) is 22.5 Å². The zero-order chi connectivity index (χ0) is 23.8. The number of nitrogen functional groups attached to an aromatic ring is 1. The minimum Gasteiger partial charge on any atom is -0.456 e. The van der Waals surface area contributed by atoms with E-state index in [1.54, 1.807) is 12.1 Å². The third-order valence-electron chi connectivity index (χ3n) is 4.98. The number of nitrogens with two attached hydrogens (primary N) is 1. The number of esters is 2. The Balaban J connectivity index is 1.66. The summed E-state index contributed by atoms with van der Waals surface area (Å²) in [5.41, 5.74) is 6.40. The Morgan fingerprint density at radius 2 is 2.18 bits per heavy atom. The molecule has 4 atom stereocenters. The maximum atomic E-state index is 16.1. The van der Waals surface area contributed by atoms with Crippen molar-refractivity contribution in [2.24, 2.45) is 5.92 Å². The summed E-state index contributed by atoms with van der Waals surface area (Å²) in [4.78, 5) is 36.2. The molecule has 0 amide bonds. The molecular weight excluding hydrogens is 457 g/mol. The Hall–Kier alpha value is -3.75. The number of terminal acetylenes is 1. The number of hydrogen-bond donors (Lipinski definition) is 1. The molecule has 12 heteroatoms. The van der Waals surface area contributed by atoms with Gasteiger partial charge in [-0.25, -0.2) is 24.1 Å². The lowest BCUT2D eigenvalue weighted by Crippen LogP contribution is -2.44. The number of rotatable bonds is 5. The normalized spacial score (nSPS) is 24.4. The molecule has 1 saturated heterocycles. The third kappa shape index (κ3) is 4.18. The smallest absolute Gasteiger partial charge is 0.338 e. The molecule has 4 rings (SSSR count). The summed E-state index contributed by atoms with van der Waals surface area (Å²) in [6, 6.07) is 5.93. The number of anilines is 1. The van der Waals surface area contributed by atoms with Crippen molar-refractivity contribution in [1.29, 1.82) is 0 Å². The number of alkyl halides is 1. The van der Waals surface area contributed by atoms with Crippen molar-refractivity contribution in [3.63, 3.8) is 0 Å². The van der Waals surface area contributed by atoms with Crippen LogP contribution in [0.3, 0.4) is 0 Å². The molecule has 1 aliphatic rings. The lowest BCUT2D eigenvalue weighted by atomic mass is 9.99. The highest BCUT2D eigenvalue weighted by Crippen LogP contribution is 2.45. The van der Waals surface area contributed by atoms with Gasteiger partial charge in [-0.2, -0.15) is 0 Å². The van der Waals surface area contributed by atoms with Crippen LogP contribution in [0.15, 0.2) is 36.9 Å². The molecule has 2 aromatic heterocycles. The second-order valence-electron chi connectivity index (χ2n) is 7.19. The average Bonchev–Trinajstić information content (AvgIpc) is 3.32. The van der Waals surface area contributed by atoms with Crippen LogP contribution < -0.4 is 5.73 Å². The van der Waals surface area contributed by atoms with Gasteiger partial charge in [-0.05, 0) is 18.2 Å². The Labute approximate surface area is 191 Å². The fourth-order valence-electron chi connectivity index (χ4n) is 3.53. The summed E-state index contributed by atoms with van der Waals surface area (Å²) in [6.45, 7) is 0.189. The van der Waals surface area contributed by atoms with Gasteiger partial charge in [0.05, 0.1) is 11.9 Å². The first kappa shape index (κ1) is 22.4. The molecule has 2 N–H and O–H groups in total. The van der Waals surface area contributed by atoms with Crippen LogP contribution in [0.1, 0.15) is 23.5 Å². The number of fused-ring (bicyclic) bond motifs is 1. The molecule has 0 saturated carbocycles. The van der Waals surface area contributed by atoms with Gasteiger partial charge in [0, 0.05) is 11.9 Å². The molecule has 1 aromatic carbocycles. The highest BCUT2D eigenvalue weighted by Gasteiger charge is 2.59. The molecule has 0 bridgehead atoms. The molecule has 0 spiro atoms. The number of imidazole rings is 1. The van der Waals surface area contributed by atoms with E-state index in [1.165, 1.54) is 29.4 Å². The molecule has 33 heavy (non-hydrogen) atoms. The van der Waals surface area contributed by atoms with E-state index in [9.17, 15) is 9.59 Å². The number of carbonyl (C=O) groups is 2. The Kier molecular flexibility index (Phi) is 5.88. The van der Waals surface area contributed by atoms with Crippen molar-refractivity contribution in [2.45, 2.75) is 25.1 Å². The molecular formula is C21H17ClFN5O5. The minimum atomic E-state index is -2.77. The van der Waals surface area contributed by atoms with E-state index >= 15 is 4.39 Å². The summed E-state index contributed by atoms with van der Waals surface area (Å²) >= 11 is 5.88. The van der Waals surface area contributed by atoms with Crippen molar-refractivity contribution in [1.82, 2.24) is 19.5 Å². The molecule has 170 valence electrons. The predicted octanol–water partition coefficient (Wildman–Crippen LogP) is 2.29. The Morgan fingerprint density at radius 3 is 2.88 bits per heavy atom. The minimum absolute atomic E-state index is 0.103. The first-order chi connectivity index (χ1) is 15.7. The third-order valence-corrected chi connectivity index (χ3v) is 5.22.